The molecule has 0 fully saturated rings. The van der Waals surface area contributed by atoms with Crippen LogP contribution in [0, 0.1) is 10.1 Å². The molecule has 1 amide bonds. The Hall–Kier alpha value is -4.02. The van der Waals surface area contributed by atoms with Crippen LogP contribution in [0.1, 0.15) is 10.4 Å². The minimum atomic E-state index is -0.768. The van der Waals surface area contributed by atoms with Gasteiger partial charge in [0.1, 0.15) is 19.0 Å². The summed E-state index contributed by atoms with van der Waals surface area (Å²) in [5, 5.41) is 13.3. The summed E-state index contributed by atoms with van der Waals surface area (Å²) in [6.07, 6.45) is 0. The van der Waals surface area contributed by atoms with E-state index >= 15 is 0 Å². The Bertz CT molecular complexity index is 973. The van der Waals surface area contributed by atoms with Crippen molar-refractivity contribution < 1.29 is 38.2 Å². The maximum atomic E-state index is 12.3. The van der Waals surface area contributed by atoms with Crippen LogP contribution in [0.15, 0.2) is 30.3 Å². The Balaban J connectivity index is 1.65. The highest BCUT2D eigenvalue weighted by atomic mass is 16.6. The van der Waals surface area contributed by atoms with Crippen molar-refractivity contribution in [3.63, 3.8) is 0 Å². The molecule has 30 heavy (non-hydrogen) atoms. The van der Waals surface area contributed by atoms with Gasteiger partial charge in [-0.15, -0.1) is 0 Å². The Kier molecular flexibility index (Phi) is 6.20. The number of nitrogens with zero attached hydrogens (tertiary/aromatic N) is 1. The third kappa shape index (κ3) is 4.51. The lowest BCUT2D eigenvalue weighted by Crippen LogP contribution is -2.21. The number of nitro benzene ring substituents is 1. The van der Waals surface area contributed by atoms with Gasteiger partial charge < -0.3 is 29.0 Å². The van der Waals surface area contributed by atoms with Crippen molar-refractivity contribution in [3.8, 4) is 23.0 Å². The summed E-state index contributed by atoms with van der Waals surface area (Å²) in [4.78, 5) is 34.7. The minimum Gasteiger partial charge on any atom is -0.494 e. The first-order chi connectivity index (χ1) is 14.4. The van der Waals surface area contributed by atoms with E-state index in [0.29, 0.717) is 30.5 Å². The van der Waals surface area contributed by atoms with Gasteiger partial charge >= 0.3 is 5.97 Å². The van der Waals surface area contributed by atoms with Gasteiger partial charge in [-0.3, -0.25) is 14.9 Å². The number of benzene rings is 2. The van der Waals surface area contributed by atoms with E-state index in [1.54, 1.807) is 0 Å². The Morgan fingerprint density at radius 3 is 2.53 bits per heavy atom. The van der Waals surface area contributed by atoms with Gasteiger partial charge in [-0.05, 0) is 18.2 Å². The number of hydrogen-bond acceptors (Lipinski definition) is 9. The molecule has 0 spiro atoms. The number of anilines is 1. The van der Waals surface area contributed by atoms with Gasteiger partial charge in [0, 0.05) is 6.07 Å². The third-order valence-corrected chi connectivity index (χ3v) is 4.07. The highest BCUT2D eigenvalue weighted by Crippen LogP contribution is 2.40. The topological polar surface area (TPSA) is 135 Å². The van der Waals surface area contributed by atoms with Gasteiger partial charge in [0.25, 0.3) is 11.6 Å². The smallest absolute Gasteiger partial charge is 0.338 e. The SMILES string of the molecule is COc1cc([N+](=O)[O-])ccc1NC(=O)COC(=O)c1cc(OC)c2c(c1)OCCO2. The first kappa shape index (κ1) is 20.7. The van der Waals surface area contributed by atoms with E-state index in [1.807, 2.05) is 0 Å². The van der Waals surface area contributed by atoms with E-state index in [0.717, 1.165) is 0 Å². The Morgan fingerprint density at radius 1 is 1.10 bits per heavy atom. The van der Waals surface area contributed by atoms with Crippen molar-refractivity contribution >= 4 is 23.3 Å². The number of ether oxygens (including phenoxy) is 5. The molecule has 0 bridgehead atoms. The molecule has 0 unspecified atom stereocenters. The largest absolute Gasteiger partial charge is 0.494 e. The fourth-order valence-corrected chi connectivity index (χ4v) is 2.69. The molecule has 3 rings (SSSR count). The zero-order valence-corrected chi connectivity index (χ0v) is 16.1. The summed E-state index contributed by atoms with van der Waals surface area (Å²) in [6, 6.07) is 6.57. The van der Waals surface area contributed by atoms with Gasteiger partial charge in [-0.2, -0.15) is 0 Å². The van der Waals surface area contributed by atoms with Crippen molar-refractivity contribution in [1.29, 1.82) is 0 Å². The molecule has 0 saturated carbocycles. The number of amides is 1. The van der Waals surface area contributed by atoms with Crippen molar-refractivity contribution in [2.75, 3.05) is 39.4 Å². The van der Waals surface area contributed by atoms with Crippen molar-refractivity contribution in [2.24, 2.45) is 0 Å². The number of esters is 1. The summed E-state index contributed by atoms with van der Waals surface area (Å²) >= 11 is 0. The van der Waals surface area contributed by atoms with E-state index in [-0.39, 0.29) is 22.7 Å². The van der Waals surface area contributed by atoms with Crippen LogP contribution in [0.4, 0.5) is 11.4 Å². The predicted octanol–water partition coefficient (Wildman–Crippen LogP) is 2.18. The van der Waals surface area contributed by atoms with E-state index in [1.165, 1.54) is 44.6 Å². The molecule has 0 radical (unpaired) electrons. The molecule has 0 aromatic heterocycles. The molecule has 1 aliphatic rings. The lowest BCUT2D eigenvalue weighted by molar-refractivity contribution is -0.384. The van der Waals surface area contributed by atoms with Crippen LogP contribution >= 0.6 is 0 Å². The summed E-state index contributed by atoms with van der Waals surface area (Å²) < 4.78 is 26.2. The highest BCUT2D eigenvalue weighted by Gasteiger charge is 2.22. The lowest BCUT2D eigenvalue weighted by atomic mass is 10.1. The van der Waals surface area contributed by atoms with Crippen LogP contribution in [0.2, 0.25) is 0 Å². The number of methoxy groups -OCH3 is 2. The van der Waals surface area contributed by atoms with Gasteiger partial charge in [-0.25, -0.2) is 4.79 Å². The standard InChI is InChI=1S/C19H18N2O9/c1-26-14-9-12(21(24)25)3-4-13(14)20-17(22)10-30-19(23)11-7-15(27-2)18-16(8-11)28-5-6-29-18/h3-4,7-9H,5-6,10H2,1-2H3,(H,20,22). The highest BCUT2D eigenvalue weighted by molar-refractivity contribution is 5.97. The monoisotopic (exact) mass is 418 g/mol. The molecule has 2 aromatic rings. The minimum absolute atomic E-state index is 0.0976. The van der Waals surface area contributed by atoms with Crippen LogP contribution in [-0.4, -0.2) is 50.8 Å². The Morgan fingerprint density at radius 2 is 1.83 bits per heavy atom. The summed E-state index contributed by atoms with van der Waals surface area (Å²) in [6.45, 7) is 0.100. The van der Waals surface area contributed by atoms with Crippen LogP contribution in [-0.2, 0) is 9.53 Å². The molecule has 11 nitrogen and oxygen atoms in total. The van der Waals surface area contributed by atoms with Crippen LogP contribution in [0.25, 0.3) is 0 Å². The van der Waals surface area contributed by atoms with E-state index < -0.39 is 23.4 Å². The molecule has 0 atom stereocenters. The molecule has 11 heteroatoms. The summed E-state index contributed by atoms with van der Waals surface area (Å²) in [7, 11) is 2.73. The quantitative estimate of drug-likeness (QED) is 0.408. The normalized spacial score (nSPS) is 11.9. The average Bonchev–Trinajstić information content (AvgIpc) is 2.76. The second-order valence-electron chi connectivity index (χ2n) is 5.97. The Labute approximate surface area is 170 Å². The predicted molar refractivity (Wildman–Crippen MR) is 103 cm³/mol. The van der Waals surface area contributed by atoms with E-state index in [4.69, 9.17) is 23.7 Å². The number of nitrogens with one attached hydrogen (secondary N) is 1. The van der Waals surface area contributed by atoms with Gasteiger partial charge in [0.2, 0.25) is 5.75 Å². The molecular weight excluding hydrogens is 400 g/mol. The molecule has 0 saturated heterocycles. The molecule has 2 aromatic carbocycles. The summed E-state index contributed by atoms with van der Waals surface area (Å²) in [5.74, 6) is -0.285. The molecule has 158 valence electrons. The average molecular weight is 418 g/mol. The number of non-ortho nitro benzene ring substituents is 1. The molecule has 1 heterocycles. The van der Waals surface area contributed by atoms with Crippen LogP contribution in [0.5, 0.6) is 23.0 Å². The van der Waals surface area contributed by atoms with E-state index in [2.05, 4.69) is 5.32 Å². The van der Waals surface area contributed by atoms with Gasteiger partial charge in [0.05, 0.1) is 36.5 Å². The second kappa shape index (κ2) is 8.99. The molecule has 1 aliphatic heterocycles. The molecule has 0 aliphatic carbocycles. The van der Waals surface area contributed by atoms with Crippen molar-refractivity contribution in [2.45, 2.75) is 0 Å². The number of carbonyl (C=O) groups is 2. The second-order valence-corrected chi connectivity index (χ2v) is 5.97. The van der Waals surface area contributed by atoms with Crippen LogP contribution in [0.3, 0.4) is 0 Å². The number of rotatable bonds is 7. The van der Waals surface area contributed by atoms with Crippen molar-refractivity contribution in [3.05, 3.63) is 46.0 Å². The number of nitro groups is 1. The van der Waals surface area contributed by atoms with Gasteiger partial charge in [-0.1, -0.05) is 0 Å². The first-order valence-electron chi connectivity index (χ1n) is 8.70. The zero-order valence-electron chi connectivity index (χ0n) is 16.1. The summed E-state index contributed by atoms with van der Waals surface area (Å²) in [5.41, 5.74) is 0.130. The fraction of sp³-hybridized carbons (Fsp3) is 0.263. The zero-order chi connectivity index (χ0) is 21.7. The van der Waals surface area contributed by atoms with Crippen molar-refractivity contribution in [1.82, 2.24) is 0 Å². The third-order valence-electron chi connectivity index (χ3n) is 4.07. The number of carbonyl (C=O) groups excluding carboxylic acids is 2. The molecule has 1 N–H and O–H groups in total. The number of hydrogen-bond donors (Lipinski definition) is 1. The maximum Gasteiger partial charge on any atom is 0.338 e. The first-order valence-corrected chi connectivity index (χ1v) is 8.70. The maximum absolute atomic E-state index is 12.3. The van der Waals surface area contributed by atoms with E-state index in [9.17, 15) is 19.7 Å². The fourth-order valence-electron chi connectivity index (χ4n) is 2.69. The molecular formula is C19H18N2O9. The lowest BCUT2D eigenvalue weighted by Gasteiger charge is -2.21. The van der Waals surface area contributed by atoms with Crippen LogP contribution < -0.4 is 24.3 Å². The number of fused-ring (bicyclic) bond motifs is 1. The van der Waals surface area contributed by atoms with Gasteiger partial charge in [0.15, 0.2) is 18.1 Å².